The fraction of sp³-hybridized carbons (Fsp3) is 0.600. The molecule has 1 atom stereocenters. The molecule has 0 bridgehead atoms. The van der Waals surface area contributed by atoms with Gasteiger partial charge in [0.2, 0.25) is 0 Å². The van der Waals surface area contributed by atoms with Crippen LogP contribution in [0, 0.1) is 18.2 Å². The molecule has 1 unspecified atom stereocenters. The largest absolute Gasteiger partial charge is 0.380 e. The highest BCUT2D eigenvalue weighted by molar-refractivity contribution is 5.48. The van der Waals surface area contributed by atoms with Gasteiger partial charge in [-0.25, -0.2) is 4.39 Å². The van der Waals surface area contributed by atoms with Crippen LogP contribution < -0.4 is 5.32 Å². The minimum atomic E-state index is -0.101. The summed E-state index contributed by atoms with van der Waals surface area (Å²) in [5, 5.41) is 3.37. The quantitative estimate of drug-likeness (QED) is 0.795. The Kier molecular flexibility index (Phi) is 3.41. The molecule has 17 heavy (non-hydrogen) atoms. The van der Waals surface area contributed by atoms with Gasteiger partial charge >= 0.3 is 0 Å². The average Bonchev–Trinajstić information content (AvgIpc) is 2.23. The van der Waals surface area contributed by atoms with E-state index in [9.17, 15) is 4.39 Å². The standard InChI is InChI=1S/C15H22FN/c1-11-6-4-8-13(14(11)16)17-12-7-5-9-15(2,3)10-12/h4,6,8,12,17H,5,7,9-10H2,1-3H3. The molecule has 0 amide bonds. The third kappa shape index (κ3) is 2.99. The third-order valence-electron chi connectivity index (χ3n) is 3.76. The lowest BCUT2D eigenvalue weighted by molar-refractivity contribution is 0.229. The molecule has 1 nitrogen and oxygen atoms in total. The lowest BCUT2D eigenvalue weighted by atomic mass is 9.75. The molecule has 0 aromatic heterocycles. The maximum Gasteiger partial charge on any atom is 0.149 e. The van der Waals surface area contributed by atoms with E-state index in [1.165, 1.54) is 12.8 Å². The number of hydrogen-bond acceptors (Lipinski definition) is 1. The Labute approximate surface area is 103 Å². The van der Waals surface area contributed by atoms with Crippen molar-refractivity contribution in [2.24, 2.45) is 5.41 Å². The first-order valence-electron chi connectivity index (χ1n) is 6.50. The summed E-state index contributed by atoms with van der Waals surface area (Å²) in [6.45, 7) is 6.41. The van der Waals surface area contributed by atoms with Crippen LogP contribution in [0.1, 0.15) is 45.1 Å². The number of rotatable bonds is 2. The predicted octanol–water partition coefficient (Wildman–Crippen LogP) is 4.51. The van der Waals surface area contributed by atoms with Crippen LogP contribution in [-0.4, -0.2) is 6.04 Å². The summed E-state index contributed by atoms with van der Waals surface area (Å²) in [7, 11) is 0. The minimum absolute atomic E-state index is 0.101. The Morgan fingerprint density at radius 2 is 2.12 bits per heavy atom. The van der Waals surface area contributed by atoms with Crippen molar-refractivity contribution in [2.75, 3.05) is 5.32 Å². The zero-order chi connectivity index (χ0) is 12.5. The Bertz CT molecular complexity index is 398. The van der Waals surface area contributed by atoms with Crippen LogP contribution in [0.5, 0.6) is 0 Å². The van der Waals surface area contributed by atoms with Crippen molar-refractivity contribution < 1.29 is 4.39 Å². The van der Waals surface area contributed by atoms with Gasteiger partial charge in [0.05, 0.1) is 5.69 Å². The van der Waals surface area contributed by atoms with Crippen molar-refractivity contribution in [2.45, 2.75) is 52.5 Å². The Morgan fingerprint density at radius 3 is 2.82 bits per heavy atom. The maximum absolute atomic E-state index is 13.9. The number of hydrogen-bond donors (Lipinski definition) is 1. The second kappa shape index (κ2) is 4.67. The molecule has 2 rings (SSSR count). The third-order valence-corrected chi connectivity index (χ3v) is 3.76. The summed E-state index contributed by atoms with van der Waals surface area (Å²) < 4.78 is 13.9. The van der Waals surface area contributed by atoms with E-state index in [0.717, 1.165) is 12.8 Å². The van der Waals surface area contributed by atoms with Gasteiger partial charge in [0, 0.05) is 6.04 Å². The molecule has 1 aromatic rings. The number of halogens is 1. The summed E-state index contributed by atoms with van der Waals surface area (Å²) in [4.78, 5) is 0. The first kappa shape index (κ1) is 12.4. The second-order valence-electron chi connectivity index (χ2n) is 6.04. The van der Waals surface area contributed by atoms with Crippen molar-refractivity contribution in [1.29, 1.82) is 0 Å². The van der Waals surface area contributed by atoms with Crippen LogP contribution in [0.15, 0.2) is 18.2 Å². The molecule has 0 radical (unpaired) electrons. The molecule has 2 heteroatoms. The van der Waals surface area contributed by atoms with Crippen LogP contribution in [0.3, 0.4) is 0 Å². The highest BCUT2D eigenvalue weighted by Crippen LogP contribution is 2.36. The molecule has 1 N–H and O–H groups in total. The molecule has 0 heterocycles. The summed E-state index contributed by atoms with van der Waals surface area (Å²) in [6.07, 6.45) is 4.79. The first-order valence-corrected chi connectivity index (χ1v) is 6.50. The molecule has 94 valence electrons. The highest BCUT2D eigenvalue weighted by Gasteiger charge is 2.28. The molecule has 1 saturated carbocycles. The zero-order valence-electron chi connectivity index (χ0n) is 11.0. The summed E-state index contributed by atoms with van der Waals surface area (Å²) in [5.41, 5.74) is 1.76. The van der Waals surface area contributed by atoms with Crippen LogP contribution in [0.2, 0.25) is 0 Å². The minimum Gasteiger partial charge on any atom is -0.380 e. The topological polar surface area (TPSA) is 12.0 Å². The van der Waals surface area contributed by atoms with Gasteiger partial charge in [-0.15, -0.1) is 0 Å². The van der Waals surface area contributed by atoms with Crippen LogP contribution in [0.4, 0.5) is 10.1 Å². The van der Waals surface area contributed by atoms with E-state index < -0.39 is 0 Å². The molecular weight excluding hydrogens is 213 g/mol. The molecule has 1 aromatic carbocycles. The average molecular weight is 235 g/mol. The van der Waals surface area contributed by atoms with Crippen LogP contribution in [-0.2, 0) is 0 Å². The first-order chi connectivity index (χ1) is 7.98. The second-order valence-corrected chi connectivity index (χ2v) is 6.04. The van der Waals surface area contributed by atoms with E-state index in [-0.39, 0.29) is 5.82 Å². The number of aryl methyl sites for hydroxylation is 1. The monoisotopic (exact) mass is 235 g/mol. The molecule has 1 aliphatic rings. The van der Waals surface area contributed by atoms with Gasteiger partial charge in [0.15, 0.2) is 0 Å². The van der Waals surface area contributed by atoms with E-state index in [0.29, 0.717) is 22.7 Å². The van der Waals surface area contributed by atoms with Crippen molar-refractivity contribution in [3.63, 3.8) is 0 Å². The summed E-state index contributed by atoms with van der Waals surface area (Å²) in [6, 6.07) is 5.97. The smallest absolute Gasteiger partial charge is 0.149 e. The van der Waals surface area contributed by atoms with Crippen molar-refractivity contribution in [3.05, 3.63) is 29.6 Å². The van der Waals surface area contributed by atoms with E-state index in [1.807, 2.05) is 25.1 Å². The van der Waals surface area contributed by atoms with Crippen molar-refractivity contribution in [3.8, 4) is 0 Å². The van der Waals surface area contributed by atoms with Crippen LogP contribution in [0.25, 0.3) is 0 Å². The highest BCUT2D eigenvalue weighted by atomic mass is 19.1. The van der Waals surface area contributed by atoms with Gasteiger partial charge in [0.25, 0.3) is 0 Å². The predicted molar refractivity (Wildman–Crippen MR) is 70.8 cm³/mol. The SMILES string of the molecule is Cc1cccc(NC2CCCC(C)(C)C2)c1F. The van der Waals surface area contributed by atoms with E-state index in [2.05, 4.69) is 19.2 Å². The summed E-state index contributed by atoms with van der Waals surface area (Å²) >= 11 is 0. The lowest BCUT2D eigenvalue weighted by Gasteiger charge is -2.36. The molecule has 1 aliphatic carbocycles. The van der Waals surface area contributed by atoms with Gasteiger partial charge in [-0.1, -0.05) is 32.4 Å². The maximum atomic E-state index is 13.9. The molecule has 0 saturated heterocycles. The fourth-order valence-electron chi connectivity index (χ4n) is 2.80. The normalized spacial score (nSPS) is 23.4. The zero-order valence-corrected chi connectivity index (χ0v) is 11.0. The van der Waals surface area contributed by atoms with Crippen molar-refractivity contribution >= 4 is 5.69 Å². The van der Waals surface area contributed by atoms with Gasteiger partial charge in [-0.3, -0.25) is 0 Å². The molecular formula is C15H22FN. The summed E-state index contributed by atoms with van der Waals surface area (Å²) in [5.74, 6) is -0.101. The van der Waals surface area contributed by atoms with E-state index in [1.54, 1.807) is 0 Å². The number of benzene rings is 1. The van der Waals surface area contributed by atoms with Crippen LogP contribution >= 0.6 is 0 Å². The number of nitrogens with one attached hydrogen (secondary N) is 1. The molecule has 1 fully saturated rings. The van der Waals surface area contributed by atoms with Gasteiger partial charge in [-0.05, 0) is 43.2 Å². The molecule has 0 aliphatic heterocycles. The Balaban J connectivity index is 2.08. The Morgan fingerprint density at radius 1 is 1.35 bits per heavy atom. The van der Waals surface area contributed by atoms with E-state index >= 15 is 0 Å². The Hall–Kier alpha value is -1.05. The van der Waals surface area contributed by atoms with Gasteiger partial charge < -0.3 is 5.32 Å². The fourth-order valence-corrected chi connectivity index (χ4v) is 2.80. The van der Waals surface area contributed by atoms with Gasteiger partial charge in [-0.2, -0.15) is 0 Å². The van der Waals surface area contributed by atoms with Gasteiger partial charge in [0.1, 0.15) is 5.82 Å². The van der Waals surface area contributed by atoms with E-state index in [4.69, 9.17) is 0 Å². The molecule has 0 spiro atoms. The van der Waals surface area contributed by atoms with Crippen molar-refractivity contribution in [1.82, 2.24) is 0 Å². The lowest BCUT2D eigenvalue weighted by Crippen LogP contribution is -2.32. The number of anilines is 1.